The van der Waals surface area contributed by atoms with Gasteiger partial charge >= 0.3 is 5.97 Å². The molecule has 2 atom stereocenters. The summed E-state index contributed by atoms with van der Waals surface area (Å²) in [5, 5.41) is 3.22. The number of ether oxygens (including phenoxy) is 1. The first kappa shape index (κ1) is 34.5. The molecule has 4 fully saturated rings. The van der Waals surface area contributed by atoms with E-state index in [1.807, 2.05) is 27.7 Å². The Kier molecular flexibility index (Phi) is 16.8. The van der Waals surface area contributed by atoms with Crippen LogP contribution in [0.5, 0.6) is 0 Å². The fraction of sp³-hybridized carbons (Fsp3) is 0.853. The maximum atomic E-state index is 12.0. The molecule has 0 amide bonds. The van der Waals surface area contributed by atoms with E-state index in [4.69, 9.17) is 4.74 Å². The van der Waals surface area contributed by atoms with Gasteiger partial charge in [0.25, 0.3) is 0 Å². The van der Waals surface area contributed by atoms with Crippen molar-refractivity contribution in [2.45, 2.75) is 149 Å². The van der Waals surface area contributed by atoms with Crippen molar-refractivity contribution in [1.29, 1.82) is 0 Å². The molecule has 0 aromatic rings. The molecule has 6 nitrogen and oxygen atoms in total. The number of carbonyl (C=O) groups is 3. The number of ketones is 2. The predicted octanol–water partition coefficient (Wildman–Crippen LogP) is 7.54. The lowest BCUT2D eigenvalue weighted by Gasteiger charge is -2.27. The van der Waals surface area contributed by atoms with Gasteiger partial charge in [0, 0.05) is 43.5 Å². The van der Waals surface area contributed by atoms with Gasteiger partial charge in [-0.1, -0.05) is 25.8 Å². The highest BCUT2D eigenvalue weighted by atomic mass is 16.6. The van der Waals surface area contributed by atoms with Gasteiger partial charge in [0.15, 0.2) is 0 Å². The average molecular weight is 561 g/mol. The summed E-state index contributed by atoms with van der Waals surface area (Å²) in [5.74, 6) is 0.545. The van der Waals surface area contributed by atoms with Gasteiger partial charge in [0.1, 0.15) is 17.2 Å². The van der Waals surface area contributed by atoms with E-state index < -0.39 is 5.60 Å². The van der Waals surface area contributed by atoms with Crippen LogP contribution in [0.15, 0.2) is 11.8 Å². The summed E-state index contributed by atoms with van der Waals surface area (Å²) >= 11 is 0. The van der Waals surface area contributed by atoms with Crippen molar-refractivity contribution < 1.29 is 19.1 Å². The standard InChI is InChI=1S/C14H24O3.C10H17N.C6H10O.C4H9N/c1-5-10-7-6-8-11(13(10)16)9-12(15)17-14(2,3)4;1-2-6-10(7-3-1)11-8-4-5-9-11;7-6-4-2-1-3-5-6;1-2-4-5-3-1/h10-11H,5-9H2,1-4H3;6H,1-5,7-9H2;1-5H2;5H,1-4H2/t10?,11-;;;/m0.../s1. The summed E-state index contributed by atoms with van der Waals surface area (Å²) < 4.78 is 5.27. The van der Waals surface area contributed by atoms with Crippen molar-refractivity contribution >= 4 is 17.5 Å². The molecular weight excluding hydrogens is 500 g/mol. The first-order valence-corrected chi connectivity index (χ1v) is 16.6. The Morgan fingerprint density at radius 1 is 0.850 bits per heavy atom. The largest absolute Gasteiger partial charge is 0.460 e. The van der Waals surface area contributed by atoms with E-state index in [1.54, 1.807) is 5.70 Å². The summed E-state index contributed by atoms with van der Waals surface area (Å²) in [5.41, 5.74) is 1.19. The minimum absolute atomic E-state index is 0.108. The normalized spacial score (nSPS) is 24.9. The molecule has 0 aromatic carbocycles. The van der Waals surface area contributed by atoms with E-state index in [9.17, 15) is 14.4 Å². The summed E-state index contributed by atoms with van der Waals surface area (Å²) in [6, 6.07) is 0. The van der Waals surface area contributed by atoms with Crippen LogP contribution in [0.4, 0.5) is 0 Å². The number of carbonyl (C=O) groups excluding carboxylic acids is 3. The number of rotatable bonds is 4. The number of hydrogen-bond donors (Lipinski definition) is 1. The number of likely N-dealkylation sites (tertiary alicyclic amines) is 1. The van der Waals surface area contributed by atoms with Crippen molar-refractivity contribution in [3.63, 3.8) is 0 Å². The Morgan fingerprint density at radius 3 is 1.95 bits per heavy atom. The minimum Gasteiger partial charge on any atom is -0.460 e. The van der Waals surface area contributed by atoms with Crippen molar-refractivity contribution in [3.8, 4) is 0 Å². The molecule has 0 bridgehead atoms. The van der Waals surface area contributed by atoms with Gasteiger partial charge in [-0.2, -0.15) is 0 Å². The highest BCUT2D eigenvalue weighted by molar-refractivity contribution is 5.87. The number of nitrogens with zero attached hydrogens (tertiary/aromatic N) is 1. The first-order chi connectivity index (χ1) is 19.2. The van der Waals surface area contributed by atoms with Crippen LogP contribution in [0.1, 0.15) is 143 Å². The van der Waals surface area contributed by atoms with Crippen LogP contribution < -0.4 is 5.32 Å². The number of esters is 1. The van der Waals surface area contributed by atoms with Crippen molar-refractivity contribution in [1.82, 2.24) is 10.2 Å². The second-order valence-electron chi connectivity index (χ2n) is 13.1. The second kappa shape index (κ2) is 19.4. The van der Waals surface area contributed by atoms with E-state index in [0.29, 0.717) is 5.78 Å². The Balaban J connectivity index is 0.000000206. The number of Topliss-reactive ketones (excluding diaryl/α,β-unsaturated/α-hetero) is 2. The third-order valence-corrected chi connectivity index (χ3v) is 8.38. The molecule has 5 aliphatic rings. The van der Waals surface area contributed by atoms with Crippen LogP contribution in [0.3, 0.4) is 0 Å². The first-order valence-electron chi connectivity index (χ1n) is 16.6. The van der Waals surface area contributed by atoms with E-state index >= 15 is 0 Å². The average Bonchev–Trinajstić information content (AvgIpc) is 3.68. The fourth-order valence-electron chi connectivity index (χ4n) is 6.10. The molecule has 0 aromatic heterocycles. The number of allylic oxidation sites excluding steroid dienone is 2. The summed E-state index contributed by atoms with van der Waals surface area (Å²) in [6.45, 7) is 12.7. The van der Waals surface area contributed by atoms with E-state index in [-0.39, 0.29) is 30.0 Å². The zero-order valence-electron chi connectivity index (χ0n) is 26.4. The van der Waals surface area contributed by atoms with Crippen LogP contribution in [0, 0.1) is 11.8 Å². The predicted molar refractivity (Wildman–Crippen MR) is 164 cm³/mol. The van der Waals surface area contributed by atoms with Gasteiger partial charge in [-0.15, -0.1) is 0 Å². The Hall–Kier alpha value is -1.69. The molecule has 0 spiro atoms. The van der Waals surface area contributed by atoms with Gasteiger partial charge in [-0.05, 0) is 117 Å². The highest BCUT2D eigenvalue weighted by Gasteiger charge is 2.32. The molecule has 3 aliphatic carbocycles. The minimum atomic E-state index is -0.459. The Morgan fingerprint density at radius 2 is 1.48 bits per heavy atom. The van der Waals surface area contributed by atoms with E-state index in [1.165, 1.54) is 84.0 Å². The van der Waals surface area contributed by atoms with Crippen LogP contribution in [-0.2, 0) is 19.1 Å². The fourth-order valence-corrected chi connectivity index (χ4v) is 6.10. The molecule has 0 radical (unpaired) electrons. The van der Waals surface area contributed by atoms with Crippen LogP contribution in [-0.4, -0.2) is 54.2 Å². The maximum absolute atomic E-state index is 12.0. The third kappa shape index (κ3) is 14.8. The molecule has 2 heterocycles. The highest BCUT2D eigenvalue weighted by Crippen LogP contribution is 2.30. The van der Waals surface area contributed by atoms with Gasteiger partial charge in [0.2, 0.25) is 0 Å². The molecule has 1 N–H and O–H groups in total. The molecule has 2 saturated carbocycles. The zero-order chi connectivity index (χ0) is 29.2. The smallest absolute Gasteiger partial charge is 0.307 e. The topological polar surface area (TPSA) is 75.7 Å². The quantitative estimate of drug-likeness (QED) is 0.358. The van der Waals surface area contributed by atoms with E-state index in [0.717, 1.165) is 51.4 Å². The lowest BCUT2D eigenvalue weighted by atomic mass is 9.77. The maximum Gasteiger partial charge on any atom is 0.307 e. The molecule has 6 heteroatoms. The lowest BCUT2D eigenvalue weighted by molar-refractivity contribution is -0.158. The Labute approximate surface area is 245 Å². The van der Waals surface area contributed by atoms with E-state index in [2.05, 4.69) is 16.3 Å². The molecule has 230 valence electrons. The SMILES string of the molecule is C1=C(N2CCCC2)CCCC1.C1CCNC1.CCC1CCC[C@@H](CC(=O)OC(C)(C)C)C1=O.O=C1CCCCC1. The lowest BCUT2D eigenvalue weighted by Crippen LogP contribution is -2.32. The third-order valence-electron chi connectivity index (χ3n) is 8.38. The summed E-state index contributed by atoms with van der Waals surface area (Å²) in [6.07, 6.45) is 22.8. The van der Waals surface area contributed by atoms with Crippen molar-refractivity contribution in [2.75, 3.05) is 26.2 Å². The van der Waals surface area contributed by atoms with Crippen molar-refractivity contribution in [3.05, 3.63) is 11.8 Å². The molecule has 40 heavy (non-hydrogen) atoms. The monoisotopic (exact) mass is 560 g/mol. The molecule has 2 saturated heterocycles. The second-order valence-corrected chi connectivity index (χ2v) is 13.1. The summed E-state index contributed by atoms with van der Waals surface area (Å²) in [4.78, 5) is 36.8. The Bertz CT molecular complexity index is 760. The van der Waals surface area contributed by atoms with Crippen LogP contribution >= 0.6 is 0 Å². The summed E-state index contributed by atoms with van der Waals surface area (Å²) in [7, 11) is 0. The zero-order valence-corrected chi connectivity index (χ0v) is 26.4. The van der Waals surface area contributed by atoms with Gasteiger partial charge in [-0.3, -0.25) is 14.4 Å². The van der Waals surface area contributed by atoms with Gasteiger partial charge in [0.05, 0.1) is 6.42 Å². The number of hydrogen-bond acceptors (Lipinski definition) is 6. The molecule has 1 unspecified atom stereocenters. The van der Waals surface area contributed by atoms with Crippen molar-refractivity contribution in [2.24, 2.45) is 11.8 Å². The molecular formula is C34H60N2O4. The van der Waals surface area contributed by atoms with Gasteiger partial charge in [-0.25, -0.2) is 0 Å². The molecule has 5 rings (SSSR count). The molecule has 2 aliphatic heterocycles. The van der Waals surface area contributed by atoms with Crippen LogP contribution in [0.2, 0.25) is 0 Å². The van der Waals surface area contributed by atoms with Crippen LogP contribution in [0.25, 0.3) is 0 Å². The number of nitrogens with one attached hydrogen (secondary N) is 1. The van der Waals surface area contributed by atoms with Gasteiger partial charge < -0.3 is 15.0 Å².